The van der Waals surface area contributed by atoms with Crippen molar-refractivity contribution in [2.75, 3.05) is 19.6 Å². The highest BCUT2D eigenvalue weighted by atomic mass is 35.5. The van der Waals surface area contributed by atoms with Gasteiger partial charge in [-0.2, -0.15) is 0 Å². The molecule has 0 saturated carbocycles. The van der Waals surface area contributed by atoms with Gasteiger partial charge in [-0.05, 0) is 42.0 Å². The molecule has 0 spiro atoms. The molecule has 30 heavy (non-hydrogen) atoms. The van der Waals surface area contributed by atoms with Gasteiger partial charge in [-0.3, -0.25) is 4.79 Å². The molecule has 0 fully saturated rings. The molecule has 0 atom stereocenters. The number of nitrogens with one attached hydrogen (secondary N) is 1. The van der Waals surface area contributed by atoms with Crippen LogP contribution >= 0.6 is 11.6 Å². The highest BCUT2D eigenvalue weighted by Crippen LogP contribution is 2.31. The number of halogens is 1. The fraction of sp³-hybridized carbons (Fsp3) is 0.130. The maximum atomic E-state index is 13.3. The van der Waals surface area contributed by atoms with Gasteiger partial charge in [-0.25, -0.2) is 9.66 Å². The van der Waals surface area contributed by atoms with Crippen molar-refractivity contribution in [3.8, 4) is 22.9 Å². The molecule has 1 N–H and O–H groups in total. The fourth-order valence-electron chi connectivity index (χ4n) is 3.25. The normalized spacial score (nSPS) is 10.8. The van der Waals surface area contributed by atoms with Crippen LogP contribution in [-0.2, 0) is 6.54 Å². The Balaban J connectivity index is 1.86. The van der Waals surface area contributed by atoms with Gasteiger partial charge in [-0.15, -0.1) is 0 Å². The lowest BCUT2D eigenvalue weighted by Gasteiger charge is -2.17. The topological polar surface area (TPSA) is 65.4 Å². The summed E-state index contributed by atoms with van der Waals surface area (Å²) in [5, 5.41) is 1.15. The number of aromatic nitrogens is 2. The van der Waals surface area contributed by atoms with Crippen LogP contribution in [0.4, 0.5) is 0 Å². The van der Waals surface area contributed by atoms with Crippen molar-refractivity contribution >= 4 is 22.5 Å². The number of methoxy groups -OCH3 is 2. The molecule has 0 unspecified atom stereocenters. The van der Waals surface area contributed by atoms with E-state index in [1.807, 2.05) is 48.5 Å². The van der Waals surface area contributed by atoms with Gasteiger partial charge in [0, 0.05) is 10.6 Å². The Hall–Kier alpha value is -3.51. The minimum Gasteiger partial charge on any atom is -0.493 e. The number of rotatable bonds is 6. The van der Waals surface area contributed by atoms with E-state index in [-0.39, 0.29) is 5.56 Å². The van der Waals surface area contributed by atoms with E-state index in [0.29, 0.717) is 45.4 Å². The summed E-state index contributed by atoms with van der Waals surface area (Å²) in [5.74, 6) is 1.61. The fourth-order valence-corrected chi connectivity index (χ4v) is 3.46. The van der Waals surface area contributed by atoms with Crippen LogP contribution in [0.15, 0.2) is 71.5 Å². The number of para-hydroxylation sites is 1. The van der Waals surface area contributed by atoms with E-state index in [4.69, 9.17) is 26.1 Å². The number of fused-ring (bicyclic) bond motifs is 1. The van der Waals surface area contributed by atoms with E-state index >= 15 is 0 Å². The summed E-state index contributed by atoms with van der Waals surface area (Å²) in [7, 11) is 3.14. The third-order valence-electron chi connectivity index (χ3n) is 4.80. The molecule has 0 bridgehead atoms. The van der Waals surface area contributed by atoms with Gasteiger partial charge < -0.3 is 14.9 Å². The first kappa shape index (κ1) is 19.8. The minimum absolute atomic E-state index is 0.197. The van der Waals surface area contributed by atoms with Crippen molar-refractivity contribution in [2.24, 2.45) is 0 Å². The molecule has 0 radical (unpaired) electrons. The monoisotopic (exact) mass is 421 g/mol. The van der Waals surface area contributed by atoms with Gasteiger partial charge in [0.05, 0.1) is 31.7 Å². The van der Waals surface area contributed by atoms with Crippen LogP contribution in [0, 0.1) is 0 Å². The van der Waals surface area contributed by atoms with Crippen LogP contribution in [0.25, 0.3) is 22.3 Å². The predicted molar refractivity (Wildman–Crippen MR) is 119 cm³/mol. The summed E-state index contributed by atoms with van der Waals surface area (Å²) < 4.78 is 12.2. The van der Waals surface area contributed by atoms with Gasteiger partial charge in [0.15, 0.2) is 17.3 Å². The number of benzene rings is 3. The lowest BCUT2D eigenvalue weighted by Crippen LogP contribution is -2.31. The summed E-state index contributed by atoms with van der Waals surface area (Å²) in [5.41, 5.74) is 5.18. The second kappa shape index (κ2) is 8.47. The SMILES string of the molecule is COc1ccc(-c2nc3ccccc3c(=O)n2NCc2ccccc2Cl)cc1OC. The molecule has 0 aliphatic carbocycles. The summed E-state index contributed by atoms with van der Waals surface area (Å²) >= 11 is 6.28. The molecule has 0 aliphatic heterocycles. The van der Waals surface area contributed by atoms with E-state index in [0.717, 1.165) is 5.56 Å². The van der Waals surface area contributed by atoms with Crippen LogP contribution in [0.1, 0.15) is 5.56 Å². The minimum atomic E-state index is -0.197. The van der Waals surface area contributed by atoms with Crippen LogP contribution < -0.4 is 20.5 Å². The van der Waals surface area contributed by atoms with Gasteiger partial charge in [0.25, 0.3) is 5.56 Å². The summed E-state index contributed by atoms with van der Waals surface area (Å²) in [4.78, 5) is 18.0. The van der Waals surface area contributed by atoms with Crippen molar-refractivity contribution < 1.29 is 9.47 Å². The van der Waals surface area contributed by atoms with Crippen LogP contribution in [0.3, 0.4) is 0 Å². The molecule has 0 saturated heterocycles. The number of ether oxygens (including phenoxy) is 2. The lowest BCUT2D eigenvalue weighted by atomic mass is 10.1. The summed E-state index contributed by atoms with van der Waals surface area (Å²) in [6, 6.07) is 20.2. The zero-order valence-electron chi connectivity index (χ0n) is 16.6. The Bertz CT molecular complexity index is 1270. The Morgan fingerprint density at radius 1 is 0.967 bits per heavy atom. The largest absolute Gasteiger partial charge is 0.493 e. The van der Waals surface area contributed by atoms with Gasteiger partial charge in [0.1, 0.15) is 0 Å². The van der Waals surface area contributed by atoms with Gasteiger partial charge in [0.2, 0.25) is 0 Å². The molecular weight excluding hydrogens is 402 g/mol. The Morgan fingerprint density at radius 2 is 1.70 bits per heavy atom. The van der Waals surface area contributed by atoms with Crippen LogP contribution in [0.5, 0.6) is 11.5 Å². The zero-order valence-corrected chi connectivity index (χ0v) is 17.3. The third-order valence-corrected chi connectivity index (χ3v) is 5.17. The van der Waals surface area contributed by atoms with Gasteiger partial charge >= 0.3 is 0 Å². The highest BCUT2D eigenvalue weighted by molar-refractivity contribution is 6.31. The number of hydrogen-bond donors (Lipinski definition) is 1. The smallest absolute Gasteiger partial charge is 0.280 e. The zero-order chi connectivity index (χ0) is 21.1. The molecule has 0 amide bonds. The standard InChI is InChI=1S/C23H20ClN3O3/c1-29-20-12-11-15(13-21(20)30-2)22-26-19-10-6-4-8-17(19)23(28)27(22)25-14-16-7-3-5-9-18(16)24/h3-13,25H,14H2,1-2H3. The van der Waals surface area contributed by atoms with Crippen molar-refractivity contribution in [2.45, 2.75) is 6.54 Å². The second-order valence-electron chi connectivity index (χ2n) is 6.59. The third kappa shape index (κ3) is 3.69. The van der Waals surface area contributed by atoms with Gasteiger partial charge in [-0.1, -0.05) is 41.9 Å². The maximum Gasteiger partial charge on any atom is 0.280 e. The lowest BCUT2D eigenvalue weighted by molar-refractivity contribution is 0.355. The Morgan fingerprint density at radius 3 is 2.47 bits per heavy atom. The van der Waals surface area contributed by atoms with E-state index < -0.39 is 0 Å². The quantitative estimate of drug-likeness (QED) is 0.497. The molecule has 1 aromatic heterocycles. The Labute approximate surface area is 178 Å². The molecule has 6 nitrogen and oxygen atoms in total. The van der Waals surface area contributed by atoms with Crippen molar-refractivity contribution in [1.29, 1.82) is 0 Å². The molecule has 152 valence electrons. The summed E-state index contributed by atoms with van der Waals surface area (Å²) in [6.07, 6.45) is 0. The van der Waals surface area contributed by atoms with Crippen molar-refractivity contribution in [3.63, 3.8) is 0 Å². The van der Waals surface area contributed by atoms with E-state index in [2.05, 4.69) is 5.43 Å². The summed E-state index contributed by atoms with van der Waals surface area (Å²) in [6.45, 7) is 0.361. The first-order valence-electron chi connectivity index (χ1n) is 9.34. The van der Waals surface area contributed by atoms with Crippen LogP contribution in [0.2, 0.25) is 5.02 Å². The molecular formula is C23H20ClN3O3. The molecule has 1 heterocycles. The first-order valence-corrected chi connectivity index (χ1v) is 9.71. The first-order chi connectivity index (χ1) is 14.6. The van der Waals surface area contributed by atoms with Crippen molar-refractivity contribution in [3.05, 3.63) is 87.7 Å². The predicted octanol–water partition coefficient (Wildman–Crippen LogP) is 4.48. The molecule has 3 aromatic carbocycles. The average molecular weight is 422 g/mol. The Kier molecular flexibility index (Phi) is 5.59. The second-order valence-corrected chi connectivity index (χ2v) is 7.00. The van der Waals surface area contributed by atoms with Crippen LogP contribution in [-0.4, -0.2) is 23.9 Å². The maximum absolute atomic E-state index is 13.3. The highest BCUT2D eigenvalue weighted by Gasteiger charge is 2.15. The number of nitrogens with zero attached hydrogens (tertiary/aromatic N) is 2. The average Bonchev–Trinajstić information content (AvgIpc) is 2.79. The molecule has 0 aliphatic rings. The number of hydrogen-bond acceptors (Lipinski definition) is 5. The van der Waals surface area contributed by atoms with E-state index in [9.17, 15) is 4.79 Å². The van der Waals surface area contributed by atoms with E-state index in [1.165, 1.54) is 4.68 Å². The molecule has 4 aromatic rings. The molecule has 4 rings (SSSR count). The van der Waals surface area contributed by atoms with E-state index in [1.54, 1.807) is 32.4 Å². The van der Waals surface area contributed by atoms with Crippen molar-refractivity contribution in [1.82, 2.24) is 9.66 Å². The molecule has 7 heteroatoms.